The summed E-state index contributed by atoms with van der Waals surface area (Å²) in [6.07, 6.45) is 8.34. The molecule has 10 rings (SSSR count). The van der Waals surface area contributed by atoms with Gasteiger partial charge in [0.1, 0.15) is 30.6 Å². The zero-order valence-electron chi connectivity index (χ0n) is 40.4. The molecular weight excluding hydrogens is 893 g/mol. The molecule has 0 aromatic heterocycles. The summed E-state index contributed by atoms with van der Waals surface area (Å²) in [5, 5.41) is 57.0. The fraction of sp³-hybridized carbons (Fsp3) is 0.491. The highest BCUT2D eigenvalue weighted by Gasteiger charge is 2.54. The number of carbonyl (C=O) groups is 2. The molecule has 4 aromatic carbocycles. The lowest BCUT2D eigenvalue weighted by Gasteiger charge is -2.54. The molecule has 3 aliphatic carbocycles. The fourth-order valence-electron chi connectivity index (χ4n) is 12.8. The Labute approximate surface area is 409 Å². The molecule has 15 nitrogen and oxygen atoms in total. The van der Waals surface area contributed by atoms with E-state index in [4.69, 9.17) is 23.7 Å². The van der Waals surface area contributed by atoms with Crippen LogP contribution >= 0.6 is 0 Å². The molecule has 0 saturated heterocycles. The second-order valence-electron chi connectivity index (χ2n) is 20.0. The third-order valence-corrected chi connectivity index (χ3v) is 16.5. The average Bonchev–Trinajstić information content (AvgIpc) is 3.98. The number of nitrogens with one attached hydrogen (secondary N) is 3. The van der Waals surface area contributed by atoms with E-state index in [2.05, 4.69) is 28.1 Å². The molecule has 4 aromatic rings. The summed E-state index contributed by atoms with van der Waals surface area (Å²) in [4.78, 5) is 27.3. The minimum absolute atomic E-state index is 0.00672. The largest absolute Gasteiger partial charge is 0.502 e. The SMILES string of the molecule is CCNCOc1cc(OCCNC)c2c3c1C(O)Nc1cc4c(c(c1-3)CC2)C(O)C(c1cc(OC)c(O)c(OCC(CO)C2(c3ccccc3)CCC3(CCCC3)C(CN3C(=O)C=CC3=O)C2)c1)CO4. The molecule has 15 heteroatoms. The molecule has 3 heterocycles. The van der Waals surface area contributed by atoms with Crippen LogP contribution in [0.25, 0.3) is 11.1 Å². The van der Waals surface area contributed by atoms with E-state index in [9.17, 15) is 30.0 Å². The molecule has 6 unspecified atom stereocenters. The van der Waals surface area contributed by atoms with E-state index in [0.717, 1.165) is 66.3 Å². The molecule has 2 fully saturated rings. The number of rotatable bonds is 18. The van der Waals surface area contributed by atoms with Crippen LogP contribution in [0.3, 0.4) is 0 Å². The molecule has 2 amide bonds. The summed E-state index contributed by atoms with van der Waals surface area (Å²) >= 11 is 0. The first-order valence-corrected chi connectivity index (χ1v) is 25.0. The number of anilines is 1. The number of ether oxygens (including phenoxy) is 5. The number of phenols is 1. The Hall–Kier alpha value is -5.84. The summed E-state index contributed by atoms with van der Waals surface area (Å²) in [5.41, 5.74) is 6.62. The Morgan fingerprint density at radius 1 is 0.886 bits per heavy atom. The number of carbonyl (C=O) groups excluding carboxylic acids is 2. The van der Waals surface area contributed by atoms with Crippen molar-refractivity contribution in [1.82, 2.24) is 15.5 Å². The number of aromatic hydroxyl groups is 1. The summed E-state index contributed by atoms with van der Waals surface area (Å²) < 4.78 is 31.5. The minimum Gasteiger partial charge on any atom is -0.502 e. The molecular formula is C55H66N4O11. The van der Waals surface area contributed by atoms with Gasteiger partial charge in [0.15, 0.2) is 17.7 Å². The standard InChI is InChI=1S/C55H66N4O11/c1-4-57-31-70-42-25-40(67-21-20-56-2)36-12-13-37-47-39(58-53(65)50(42)49(36)47)24-41-48(37)51(63)38(30-69-41)32-22-43(66-3)52(64)44(23-32)68-29-35(28-60)55(33-10-6-5-7-11-33)19-18-54(16-8-9-17-54)34(26-55)27-59-45(61)14-15-46(59)62/h5-7,10-11,14-15,22-25,34-35,38,51,53,56-58,60,63-65H,4,8-9,12-13,16-21,26-31H2,1-3H3. The van der Waals surface area contributed by atoms with Crippen LogP contribution in [0.5, 0.6) is 34.5 Å². The summed E-state index contributed by atoms with van der Waals surface area (Å²) in [5.74, 6) is 0.213. The van der Waals surface area contributed by atoms with Crippen LogP contribution in [0.2, 0.25) is 0 Å². The maximum absolute atomic E-state index is 13.0. The van der Waals surface area contributed by atoms with Crippen LogP contribution in [0, 0.1) is 17.3 Å². The molecule has 1 spiro atoms. The fourth-order valence-corrected chi connectivity index (χ4v) is 12.8. The number of benzene rings is 4. The van der Waals surface area contributed by atoms with Crippen molar-refractivity contribution in [2.75, 3.05) is 72.3 Å². The number of hydrogen-bond acceptors (Lipinski definition) is 14. The van der Waals surface area contributed by atoms with Crippen LogP contribution < -0.4 is 39.6 Å². The highest BCUT2D eigenvalue weighted by molar-refractivity contribution is 6.12. The molecule has 3 aliphatic heterocycles. The Morgan fingerprint density at radius 3 is 2.37 bits per heavy atom. The first-order chi connectivity index (χ1) is 34.0. The van der Waals surface area contributed by atoms with Gasteiger partial charge in [0, 0.05) is 89.2 Å². The number of likely N-dealkylation sites (N-methyl/N-ethyl adjacent to an activating group) is 1. The second-order valence-corrected chi connectivity index (χ2v) is 20.0. The van der Waals surface area contributed by atoms with Gasteiger partial charge in [-0.05, 0) is 98.7 Å². The quantitative estimate of drug-likeness (QED) is 0.0322. The number of fused-ring (bicyclic) bond motifs is 2. The number of phenolic OH excluding ortho intramolecular Hbond substituents is 1. The lowest BCUT2D eigenvalue weighted by atomic mass is 9.52. The molecule has 2 saturated carbocycles. The topological polar surface area (TPSA) is 201 Å². The first kappa shape index (κ1) is 47.8. The monoisotopic (exact) mass is 958 g/mol. The van der Waals surface area contributed by atoms with Gasteiger partial charge in [-0.25, -0.2) is 0 Å². The van der Waals surface area contributed by atoms with Crippen LogP contribution in [-0.2, 0) is 27.8 Å². The van der Waals surface area contributed by atoms with Gasteiger partial charge in [-0.15, -0.1) is 0 Å². The number of methoxy groups -OCH3 is 1. The minimum atomic E-state index is -1.07. The molecule has 6 aliphatic rings. The van der Waals surface area contributed by atoms with Crippen molar-refractivity contribution in [2.24, 2.45) is 17.3 Å². The zero-order valence-corrected chi connectivity index (χ0v) is 40.4. The van der Waals surface area contributed by atoms with Gasteiger partial charge in [0.2, 0.25) is 5.75 Å². The molecule has 6 atom stereocenters. The summed E-state index contributed by atoms with van der Waals surface area (Å²) in [7, 11) is 3.34. The van der Waals surface area contributed by atoms with Gasteiger partial charge in [0.25, 0.3) is 11.8 Å². The summed E-state index contributed by atoms with van der Waals surface area (Å²) in [6, 6.07) is 17.4. The number of aliphatic hydroxyl groups is 3. The number of aliphatic hydroxyl groups excluding tert-OH is 3. The average molecular weight is 959 g/mol. The Balaban J connectivity index is 0.972. The molecule has 372 valence electrons. The number of hydrogen-bond donors (Lipinski definition) is 7. The van der Waals surface area contributed by atoms with Crippen molar-refractivity contribution < 1.29 is 53.7 Å². The van der Waals surface area contributed by atoms with Gasteiger partial charge in [0.05, 0.1) is 32.0 Å². The van der Waals surface area contributed by atoms with Crippen LogP contribution in [-0.4, -0.2) is 104 Å². The zero-order chi connectivity index (χ0) is 48.7. The van der Waals surface area contributed by atoms with Crippen molar-refractivity contribution in [3.05, 3.63) is 100 Å². The van der Waals surface area contributed by atoms with Gasteiger partial charge in [-0.1, -0.05) is 50.1 Å². The van der Waals surface area contributed by atoms with E-state index in [1.165, 1.54) is 24.2 Å². The molecule has 0 bridgehead atoms. The van der Waals surface area contributed by atoms with E-state index in [1.807, 2.05) is 44.3 Å². The van der Waals surface area contributed by atoms with E-state index < -0.39 is 29.6 Å². The molecule has 7 N–H and O–H groups in total. The van der Waals surface area contributed by atoms with E-state index in [-0.39, 0.29) is 66.9 Å². The van der Waals surface area contributed by atoms with Crippen LogP contribution in [0.1, 0.15) is 103 Å². The highest BCUT2D eigenvalue weighted by atomic mass is 16.5. The number of nitrogens with zero attached hydrogens (tertiary/aromatic N) is 1. The lowest BCUT2D eigenvalue weighted by molar-refractivity contribution is -0.139. The predicted molar refractivity (Wildman–Crippen MR) is 263 cm³/mol. The molecule has 70 heavy (non-hydrogen) atoms. The Morgan fingerprint density at radius 2 is 1.64 bits per heavy atom. The van der Waals surface area contributed by atoms with Gasteiger partial charge < -0.3 is 54.7 Å². The van der Waals surface area contributed by atoms with Crippen molar-refractivity contribution in [1.29, 1.82) is 0 Å². The van der Waals surface area contributed by atoms with Crippen molar-refractivity contribution in [2.45, 2.75) is 88.4 Å². The van der Waals surface area contributed by atoms with Crippen LogP contribution in [0.4, 0.5) is 5.69 Å². The smallest absolute Gasteiger partial charge is 0.253 e. The van der Waals surface area contributed by atoms with E-state index >= 15 is 0 Å². The van der Waals surface area contributed by atoms with Gasteiger partial charge in [-0.3, -0.25) is 19.8 Å². The van der Waals surface area contributed by atoms with Gasteiger partial charge >= 0.3 is 0 Å². The highest BCUT2D eigenvalue weighted by Crippen LogP contribution is 2.61. The van der Waals surface area contributed by atoms with Crippen molar-refractivity contribution >= 4 is 17.5 Å². The maximum Gasteiger partial charge on any atom is 0.253 e. The third kappa shape index (κ3) is 8.32. The van der Waals surface area contributed by atoms with Crippen molar-refractivity contribution in [3.8, 4) is 45.6 Å². The second kappa shape index (κ2) is 19.7. The van der Waals surface area contributed by atoms with Crippen LogP contribution in [0.15, 0.2) is 66.7 Å². The third-order valence-electron chi connectivity index (χ3n) is 16.5. The Kier molecular flexibility index (Phi) is 13.5. The summed E-state index contributed by atoms with van der Waals surface area (Å²) in [6.45, 7) is 4.28. The maximum atomic E-state index is 13.0. The van der Waals surface area contributed by atoms with Gasteiger partial charge in [-0.2, -0.15) is 0 Å². The first-order valence-electron chi connectivity index (χ1n) is 25.0. The predicted octanol–water partition coefficient (Wildman–Crippen LogP) is 6.55. The van der Waals surface area contributed by atoms with E-state index in [1.54, 1.807) is 12.1 Å². The van der Waals surface area contributed by atoms with E-state index in [0.29, 0.717) is 85.1 Å². The lowest BCUT2D eigenvalue weighted by Crippen LogP contribution is -2.52. The molecule has 0 radical (unpaired) electrons. The number of amides is 2. The number of imide groups is 1. The Bertz CT molecular complexity index is 2630. The van der Waals surface area contributed by atoms with Crippen molar-refractivity contribution in [3.63, 3.8) is 0 Å². The normalized spacial score (nSPS) is 24.2.